The first-order valence-corrected chi connectivity index (χ1v) is 6.29. The molecule has 0 bridgehead atoms. The Hall–Kier alpha value is -2.03. The van der Waals surface area contributed by atoms with Crippen LogP contribution in [0, 0.1) is 6.92 Å². The van der Waals surface area contributed by atoms with Gasteiger partial charge in [0.2, 0.25) is 5.88 Å². The van der Waals surface area contributed by atoms with Crippen LogP contribution < -0.4 is 10.1 Å². The number of hydrogen-bond donors (Lipinski definition) is 1. The lowest BCUT2D eigenvalue weighted by molar-refractivity contribution is 0.462. The summed E-state index contributed by atoms with van der Waals surface area (Å²) in [5.74, 6) is 1.51. The van der Waals surface area contributed by atoms with E-state index >= 15 is 0 Å². The predicted molar refractivity (Wildman–Crippen MR) is 72.3 cm³/mol. The molecule has 1 aromatic carbocycles. The van der Waals surface area contributed by atoms with Crippen LogP contribution in [0.2, 0.25) is 0 Å². The Kier molecular flexibility index (Phi) is 2.89. The molecule has 92 valence electrons. The van der Waals surface area contributed by atoms with E-state index in [2.05, 4.69) is 16.4 Å². The van der Waals surface area contributed by atoms with Crippen LogP contribution in [-0.4, -0.2) is 11.5 Å². The van der Waals surface area contributed by atoms with Gasteiger partial charge in [-0.1, -0.05) is 12.1 Å². The molecule has 2 aromatic rings. The zero-order valence-electron chi connectivity index (χ0n) is 10.4. The molecule has 3 rings (SSSR count). The standard InChI is InChI=1S/C15H16N2O/c1-11-7-9-16-14(10-11)18-13-6-2-4-12-5-3-8-17-15(12)13/h2,4,6-7,9-10,17H,3,5,8H2,1H3. The maximum absolute atomic E-state index is 5.88. The van der Waals surface area contributed by atoms with E-state index in [1.807, 2.05) is 31.2 Å². The molecule has 1 aliphatic heterocycles. The topological polar surface area (TPSA) is 34.1 Å². The smallest absolute Gasteiger partial charge is 0.219 e. The Balaban J connectivity index is 1.93. The molecule has 0 unspecified atom stereocenters. The van der Waals surface area contributed by atoms with E-state index in [4.69, 9.17) is 4.74 Å². The molecule has 0 fully saturated rings. The lowest BCUT2D eigenvalue weighted by Crippen LogP contribution is -2.12. The first-order valence-electron chi connectivity index (χ1n) is 6.29. The second kappa shape index (κ2) is 4.69. The Morgan fingerprint density at radius 2 is 2.22 bits per heavy atom. The van der Waals surface area contributed by atoms with Crippen molar-refractivity contribution in [1.82, 2.24) is 4.98 Å². The zero-order valence-corrected chi connectivity index (χ0v) is 10.4. The lowest BCUT2D eigenvalue weighted by atomic mass is 10.0. The van der Waals surface area contributed by atoms with E-state index in [1.165, 1.54) is 12.0 Å². The van der Waals surface area contributed by atoms with Gasteiger partial charge in [-0.25, -0.2) is 4.98 Å². The highest BCUT2D eigenvalue weighted by molar-refractivity contribution is 5.64. The second-order valence-corrected chi connectivity index (χ2v) is 4.59. The summed E-state index contributed by atoms with van der Waals surface area (Å²) in [6.07, 6.45) is 4.06. The van der Waals surface area contributed by atoms with Crippen molar-refractivity contribution in [2.75, 3.05) is 11.9 Å². The Labute approximate surface area is 107 Å². The molecule has 0 spiro atoms. The van der Waals surface area contributed by atoms with Gasteiger partial charge in [-0.3, -0.25) is 0 Å². The monoisotopic (exact) mass is 240 g/mol. The number of nitrogens with zero attached hydrogens (tertiary/aromatic N) is 1. The largest absolute Gasteiger partial charge is 0.437 e. The molecule has 3 nitrogen and oxygen atoms in total. The third-order valence-corrected chi connectivity index (χ3v) is 3.14. The molecule has 0 aliphatic carbocycles. The van der Waals surface area contributed by atoms with Gasteiger partial charge in [-0.15, -0.1) is 0 Å². The average Bonchev–Trinajstić information content (AvgIpc) is 2.39. The third kappa shape index (κ3) is 2.16. The van der Waals surface area contributed by atoms with E-state index < -0.39 is 0 Å². The number of aromatic nitrogens is 1. The Morgan fingerprint density at radius 3 is 3.11 bits per heavy atom. The predicted octanol–water partition coefficient (Wildman–Crippen LogP) is 3.54. The van der Waals surface area contributed by atoms with Crippen molar-refractivity contribution >= 4 is 5.69 Å². The van der Waals surface area contributed by atoms with Crippen molar-refractivity contribution in [2.24, 2.45) is 0 Å². The SMILES string of the molecule is Cc1ccnc(Oc2cccc3c2NCCC3)c1. The van der Waals surface area contributed by atoms with E-state index in [1.54, 1.807) is 6.20 Å². The van der Waals surface area contributed by atoms with Crippen LogP contribution in [0.25, 0.3) is 0 Å². The molecule has 0 saturated carbocycles. The van der Waals surface area contributed by atoms with Crippen molar-refractivity contribution in [3.05, 3.63) is 47.7 Å². The maximum Gasteiger partial charge on any atom is 0.219 e. The number of nitrogens with one attached hydrogen (secondary N) is 1. The molecular formula is C15H16N2O. The first-order chi connectivity index (χ1) is 8.83. The number of aryl methyl sites for hydroxylation is 2. The van der Waals surface area contributed by atoms with Gasteiger partial charge in [0.05, 0.1) is 5.69 Å². The number of anilines is 1. The van der Waals surface area contributed by atoms with Gasteiger partial charge in [-0.05, 0) is 43.0 Å². The van der Waals surface area contributed by atoms with Gasteiger partial charge in [0.1, 0.15) is 0 Å². The van der Waals surface area contributed by atoms with Gasteiger partial charge < -0.3 is 10.1 Å². The number of para-hydroxylation sites is 1. The van der Waals surface area contributed by atoms with Gasteiger partial charge in [-0.2, -0.15) is 0 Å². The summed E-state index contributed by atoms with van der Waals surface area (Å²) >= 11 is 0. The fourth-order valence-corrected chi connectivity index (χ4v) is 2.24. The summed E-state index contributed by atoms with van der Waals surface area (Å²) < 4.78 is 5.88. The zero-order chi connectivity index (χ0) is 12.4. The quantitative estimate of drug-likeness (QED) is 0.871. The van der Waals surface area contributed by atoms with Crippen LogP contribution in [0.4, 0.5) is 5.69 Å². The molecule has 1 aliphatic rings. The van der Waals surface area contributed by atoms with Gasteiger partial charge in [0.15, 0.2) is 5.75 Å². The molecule has 0 saturated heterocycles. The first kappa shape index (κ1) is 11.1. The maximum atomic E-state index is 5.88. The van der Waals surface area contributed by atoms with Crippen LogP contribution in [0.3, 0.4) is 0 Å². The van der Waals surface area contributed by atoms with E-state index in [0.717, 1.165) is 30.0 Å². The minimum Gasteiger partial charge on any atom is -0.437 e. The summed E-state index contributed by atoms with van der Waals surface area (Å²) in [6, 6.07) is 10.1. The van der Waals surface area contributed by atoms with Crippen molar-refractivity contribution in [2.45, 2.75) is 19.8 Å². The highest BCUT2D eigenvalue weighted by Crippen LogP contribution is 2.34. The fraction of sp³-hybridized carbons (Fsp3) is 0.267. The highest BCUT2D eigenvalue weighted by Gasteiger charge is 2.13. The summed E-state index contributed by atoms with van der Waals surface area (Å²) in [7, 11) is 0. The highest BCUT2D eigenvalue weighted by atomic mass is 16.5. The lowest BCUT2D eigenvalue weighted by Gasteiger charge is -2.20. The molecular weight excluding hydrogens is 224 g/mol. The normalized spacial score (nSPS) is 13.6. The molecule has 0 radical (unpaired) electrons. The van der Waals surface area contributed by atoms with Gasteiger partial charge in [0, 0.05) is 18.8 Å². The molecule has 0 atom stereocenters. The molecule has 18 heavy (non-hydrogen) atoms. The molecule has 0 amide bonds. The molecule has 3 heteroatoms. The number of pyridine rings is 1. The van der Waals surface area contributed by atoms with Crippen molar-refractivity contribution in [1.29, 1.82) is 0 Å². The van der Waals surface area contributed by atoms with Crippen LogP contribution in [-0.2, 0) is 6.42 Å². The van der Waals surface area contributed by atoms with Gasteiger partial charge >= 0.3 is 0 Å². The number of hydrogen-bond acceptors (Lipinski definition) is 3. The average molecular weight is 240 g/mol. The van der Waals surface area contributed by atoms with Crippen LogP contribution >= 0.6 is 0 Å². The van der Waals surface area contributed by atoms with Crippen LogP contribution in [0.15, 0.2) is 36.5 Å². The minimum atomic E-state index is 0.649. The summed E-state index contributed by atoms with van der Waals surface area (Å²) in [5.41, 5.74) is 3.59. The Morgan fingerprint density at radius 1 is 1.28 bits per heavy atom. The second-order valence-electron chi connectivity index (χ2n) is 4.59. The van der Waals surface area contributed by atoms with Crippen LogP contribution in [0.5, 0.6) is 11.6 Å². The summed E-state index contributed by atoms with van der Waals surface area (Å²) in [4.78, 5) is 4.23. The van der Waals surface area contributed by atoms with Crippen molar-refractivity contribution in [3.63, 3.8) is 0 Å². The van der Waals surface area contributed by atoms with Gasteiger partial charge in [0.25, 0.3) is 0 Å². The van der Waals surface area contributed by atoms with Crippen molar-refractivity contribution in [3.8, 4) is 11.6 Å². The molecule has 1 N–H and O–H groups in total. The van der Waals surface area contributed by atoms with E-state index in [-0.39, 0.29) is 0 Å². The Bertz CT molecular complexity index is 566. The number of fused-ring (bicyclic) bond motifs is 1. The third-order valence-electron chi connectivity index (χ3n) is 3.14. The number of rotatable bonds is 2. The molecule has 2 heterocycles. The summed E-state index contributed by atoms with van der Waals surface area (Å²) in [6.45, 7) is 3.04. The minimum absolute atomic E-state index is 0.649. The number of ether oxygens (including phenoxy) is 1. The van der Waals surface area contributed by atoms with E-state index in [0.29, 0.717) is 5.88 Å². The van der Waals surface area contributed by atoms with Crippen molar-refractivity contribution < 1.29 is 4.74 Å². The fourth-order valence-electron chi connectivity index (χ4n) is 2.24. The summed E-state index contributed by atoms with van der Waals surface area (Å²) in [5, 5.41) is 3.41. The van der Waals surface area contributed by atoms with Crippen LogP contribution in [0.1, 0.15) is 17.5 Å². The number of benzene rings is 1. The molecule has 1 aromatic heterocycles. The van der Waals surface area contributed by atoms with E-state index in [9.17, 15) is 0 Å².